The summed E-state index contributed by atoms with van der Waals surface area (Å²) < 4.78 is 5.56. The highest BCUT2D eigenvalue weighted by atomic mass is 79.9. The highest BCUT2D eigenvalue weighted by Gasteiger charge is 2.30. The summed E-state index contributed by atoms with van der Waals surface area (Å²) in [6.45, 7) is 9.07. The van der Waals surface area contributed by atoms with Crippen LogP contribution in [0.2, 0.25) is 0 Å². The van der Waals surface area contributed by atoms with E-state index < -0.39 is 0 Å². The molecule has 2 rings (SSSR count). The minimum atomic E-state index is 0.404. The first kappa shape index (κ1) is 13.9. The maximum absolute atomic E-state index is 5.56. The van der Waals surface area contributed by atoms with Crippen molar-refractivity contribution in [1.82, 2.24) is 0 Å². The van der Waals surface area contributed by atoms with Crippen molar-refractivity contribution >= 4 is 15.9 Å². The molecule has 0 saturated heterocycles. The second-order valence-corrected chi connectivity index (χ2v) is 7.37. The topological polar surface area (TPSA) is 9.23 Å². The van der Waals surface area contributed by atoms with Gasteiger partial charge in [0.25, 0.3) is 0 Å². The van der Waals surface area contributed by atoms with Gasteiger partial charge in [0, 0.05) is 4.83 Å². The number of hydrogen-bond donors (Lipinski definition) is 0. The quantitative estimate of drug-likeness (QED) is 0.517. The van der Waals surface area contributed by atoms with Crippen molar-refractivity contribution in [3.63, 3.8) is 0 Å². The molecule has 0 amide bonds. The SMILES string of the molecule is COc1c(C)cc2c(c1C)C(Br)CC(C)(C)CC2. The number of aryl methyl sites for hydroxylation is 2. The summed E-state index contributed by atoms with van der Waals surface area (Å²) in [5, 5.41) is 0. The van der Waals surface area contributed by atoms with Gasteiger partial charge in [0.15, 0.2) is 0 Å². The van der Waals surface area contributed by atoms with E-state index in [1.54, 1.807) is 7.11 Å². The predicted molar refractivity (Wildman–Crippen MR) is 80.9 cm³/mol. The molecule has 0 radical (unpaired) electrons. The first-order valence-electron chi connectivity index (χ1n) is 6.67. The van der Waals surface area contributed by atoms with Gasteiger partial charge in [-0.1, -0.05) is 35.8 Å². The Labute approximate surface area is 119 Å². The van der Waals surface area contributed by atoms with E-state index in [2.05, 4.69) is 49.7 Å². The zero-order valence-electron chi connectivity index (χ0n) is 12.1. The number of halogens is 1. The van der Waals surface area contributed by atoms with Crippen LogP contribution < -0.4 is 4.74 Å². The van der Waals surface area contributed by atoms with Crippen molar-refractivity contribution in [3.05, 3.63) is 28.3 Å². The summed E-state index contributed by atoms with van der Waals surface area (Å²) in [4.78, 5) is 0.444. The summed E-state index contributed by atoms with van der Waals surface area (Å²) >= 11 is 3.90. The highest BCUT2D eigenvalue weighted by Crippen LogP contribution is 2.46. The van der Waals surface area contributed by atoms with Crippen molar-refractivity contribution in [2.45, 2.75) is 51.8 Å². The predicted octanol–water partition coefficient (Wildman–Crippen LogP) is 5.11. The Morgan fingerprint density at radius 2 is 2.00 bits per heavy atom. The Bertz CT molecular complexity index is 463. The zero-order valence-corrected chi connectivity index (χ0v) is 13.6. The lowest BCUT2D eigenvalue weighted by Crippen LogP contribution is -2.11. The van der Waals surface area contributed by atoms with Crippen LogP contribution >= 0.6 is 15.9 Å². The maximum atomic E-state index is 5.56. The van der Waals surface area contributed by atoms with E-state index in [9.17, 15) is 0 Å². The molecule has 0 spiro atoms. The van der Waals surface area contributed by atoms with Crippen molar-refractivity contribution in [1.29, 1.82) is 0 Å². The summed E-state index contributed by atoms with van der Waals surface area (Å²) in [5.74, 6) is 1.05. The van der Waals surface area contributed by atoms with Crippen LogP contribution in [0.4, 0.5) is 0 Å². The van der Waals surface area contributed by atoms with Gasteiger partial charge in [-0.3, -0.25) is 0 Å². The van der Waals surface area contributed by atoms with Gasteiger partial charge in [0.05, 0.1) is 7.11 Å². The fourth-order valence-electron chi connectivity index (χ4n) is 3.18. The van der Waals surface area contributed by atoms with E-state index in [-0.39, 0.29) is 0 Å². The van der Waals surface area contributed by atoms with E-state index in [0.29, 0.717) is 10.2 Å². The molecule has 1 unspecified atom stereocenters. The molecule has 1 aromatic carbocycles. The van der Waals surface area contributed by atoms with Crippen LogP contribution in [0.15, 0.2) is 6.07 Å². The van der Waals surface area contributed by atoms with E-state index in [1.807, 2.05) is 0 Å². The van der Waals surface area contributed by atoms with Gasteiger partial charge >= 0.3 is 0 Å². The molecule has 0 saturated carbocycles. The van der Waals surface area contributed by atoms with Crippen LogP contribution in [0.5, 0.6) is 5.75 Å². The van der Waals surface area contributed by atoms with Gasteiger partial charge in [-0.15, -0.1) is 0 Å². The molecule has 0 N–H and O–H groups in total. The summed E-state index contributed by atoms with van der Waals surface area (Å²) in [5.41, 5.74) is 5.93. The molecule has 0 fully saturated rings. The fraction of sp³-hybridized carbons (Fsp3) is 0.625. The number of methoxy groups -OCH3 is 1. The average molecular weight is 311 g/mol. The normalized spacial score (nSPS) is 22.2. The summed E-state index contributed by atoms with van der Waals surface area (Å²) in [7, 11) is 1.77. The van der Waals surface area contributed by atoms with Crippen molar-refractivity contribution in [3.8, 4) is 5.75 Å². The van der Waals surface area contributed by atoms with Crippen molar-refractivity contribution in [2.24, 2.45) is 5.41 Å². The maximum Gasteiger partial charge on any atom is 0.125 e. The van der Waals surface area contributed by atoms with Crippen molar-refractivity contribution < 1.29 is 4.74 Å². The first-order valence-corrected chi connectivity index (χ1v) is 7.58. The molecule has 0 bridgehead atoms. The molecule has 0 aromatic heterocycles. The Morgan fingerprint density at radius 3 is 2.61 bits per heavy atom. The minimum Gasteiger partial charge on any atom is -0.496 e. The zero-order chi connectivity index (χ0) is 13.5. The van der Waals surface area contributed by atoms with Gasteiger partial charge < -0.3 is 4.74 Å². The van der Waals surface area contributed by atoms with Gasteiger partial charge in [0.2, 0.25) is 0 Å². The second kappa shape index (κ2) is 4.88. The van der Waals surface area contributed by atoms with E-state index in [1.165, 1.54) is 41.5 Å². The lowest BCUT2D eigenvalue weighted by Gasteiger charge is -2.24. The molecule has 0 heterocycles. The van der Waals surface area contributed by atoms with Gasteiger partial charge in [-0.05, 0) is 60.8 Å². The second-order valence-electron chi connectivity index (χ2n) is 6.26. The van der Waals surface area contributed by atoms with Crippen LogP contribution in [0.25, 0.3) is 0 Å². The monoisotopic (exact) mass is 310 g/mol. The van der Waals surface area contributed by atoms with Gasteiger partial charge in [0.1, 0.15) is 5.75 Å². The Hall–Kier alpha value is -0.500. The molecule has 1 atom stereocenters. The molecule has 100 valence electrons. The van der Waals surface area contributed by atoms with Crippen LogP contribution in [-0.4, -0.2) is 7.11 Å². The lowest BCUT2D eigenvalue weighted by atomic mass is 9.84. The van der Waals surface area contributed by atoms with Crippen LogP contribution in [0.3, 0.4) is 0 Å². The number of hydrogen-bond acceptors (Lipinski definition) is 1. The standard InChI is InChI=1S/C16H23BrO/c1-10-8-12-6-7-16(3,4)9-13(17)14(12)11(2)15(10)18-5/h8,13H,6-7,9H2,1-5H3. The average Bonchev–Trinajstić information content (AvgIpc) is 2.35. The molecule has 18 heavy (non-hydrogen) atoms. The first-order chi connectivity index (χ1) is 8.35. The van der Waals surface area contributed by atoms with Gasteiger partial charge in [-0.2, -0.15) is 0 Å². The Morgan fingerprint density at radius 1 is 1.33 bits per heavy atom. The van der Waals surface area contributed by atoms with Crippen LogP contribution in [0, 0.1) is 19.3 Å². The number of alkyl halides is 1. The number of benzene rings is 1. The Balaban J connectivity index is 2.56. The molecular weight excluding hydrogens is 288 g/mol. The van der Waals surface area contributed by atoms with E-state index >= 15 is 0 Å². The summed E-state index contributed by atoms with van der Waals surface area (Å²) in [6.07, 6.45) is 3.62. The van der Waals surface area contributed by atoms with Crippen molar-refractivity contribution in [2.75, 3.05) is 7.11 Å². The lowest BCUT2D eigenvalue weighted by molar-refractivity contribution is 0.316. The number of ether oxygens (including phenoxy) is 1. The number of rotatable bonds is 1. The highest BCUT2D eigenvalue weighted by molar-refractivity contribution is 9.09. The molecule has 1 aromatic rings. The molecule has 2 heteroatoms. The summed E-state index contributed by atoms with van der Waals surface area (Å²) in [6, 6.07) is 2.32. The smallest absolute Gasteiger partial charge is 0.125 e. The van der Waals surface area contributed by atoms with Crippen LogP contribution in [0.1, 0.15) is 53.8 Å². The molecule has 0 aliphatic heterocycles. The van der Waals surface area contributed by atoms with E-state index in [0.717, 1.165) is 5.75 Å². The molecule has 1 aliphatic rings. The minimum absolute atomic E-state index is 0.404. The molecular formula is C16H23BrO. The molecule has 1 nitrogen and oxygen atoms in total. The third-order valence-corrected chi connectivity index (χ3v) is 4.94. The largest absolute Gasteiger partial charge is 0.496 e. The van der Waals surface area contributed by atoms with E-state index in [4.69, 9.17) is 4.74 Å². The third-order valence-electron chi connectivity index (χ3n) is 4.16. The third kappa shape index (κ3) is 2.45. The van der Waals surface area contributed by atoms with Crippen LogP contribution in [-0.2, 0) is 6.42 Å². The number of fused-ring (bicyclic) bond motifs is 1. The molecule has 1 aliphatic carbocycles. The Kier molecular flexibility index (Phi) is 3.77. The van der Waals surface area contributed by atoms with Gasteiger partial charge in [-0.25, -0.2) is 0 Å². The fourth-order valence-corrected chi connectivity index (χ4v) is 4.70.